The van der Waals surface area contributed by atoms with E-state index in [2.05, 4.69) is 19.2 Å². The highest BCUT2D eigenvalue weighted by Gasteiger charge is 2.19. The van der Waals surface area contributed by atoms with Crippen LogP contribution in [0.1, 0.15) is 57.6 Å². The molecule has 1 unspecified atom stereocenters. The summed E-state index contributed by atoms with van der Waals surface area (Å²) in [6.45, 7) is 8.78. The van der Waals surface area contributed by atoms with Crippen LogP contribution < -0.4 is 11.1 Å². The number of hydrogen-bond donors (Lipinski definition) is 2. The minimum Gasteiger partial charge on any atom is -0.464 e. The molecule has 1 heterocycles. The molecule has 0 aromatic carbocycles. The molecule has 0 saturated carbocycles. The maximum Gasteiger partial charge on any atom is 0.220 e. The molecule has 1 rings (SSSR count). The van der Waals surface area contributed by atoms with Gasteiger partial charge in [0.05, 0.1) is 6.04 Å². The van der Waals surface area contributed by atoms with Crippen LogP contribution in [0.15, 0.2) is 16.5 Å². The second-order valence-electron chi connectivity index (χ2n) is 5.94. The van der Waals surface area contributed by atoms with Gasteiger partial charge < -0.3 is 15.5 Å². The summed E-state index contributed by atoms with van der Waals surface area (Å²) in [7, 11) is 0. The Morgan fingerprint density at radius 1 is 1.42 bits per heavy atom. The summed E-state index contributed by atoms with van der Waals surface area (Å²) in [5.41, 5.74) is 5.69. The Kier molecular flexibility index (Phi) is 5.60. The monoisotopic (exact) mass is 266 g/mol. The average Bonchev–Trinajstić information content (AvgIpc) is 2.73. The van der Waals surface area contributed by atoms with E-state index in [0.717, 1.165) is 24.4 Å². The van der Waals surface area contributed by atoms with Gasteiger partial charge in [-0.3, -0.25) is 4.79 Å². The molecule has 0 aliphatic heterocycles. The Bertz CT molecular complexity index is 410. The number of aryl methyl sites for hydroxylation is 1. The molecule has 1 atom stereocenters. The van der Waals surface area contributed by atoms with Crippen molar-refractivity contribution in [3.63, 3.8) is 0 Å². The first kappa shape index (κ1) is 15.8. The summed E-state index contributed by atoms with van der Waals surface area (Å²) in [4.78, 5) is 11.9. The predicted molar refractivity (Wildman–Crippen MR) is 76.7 cm³/mol. The number of carbonyl (C=O) groups is 1. The maximum absolute atomic E-state index is 11.9. The van der Waals surface area contributed by atoms with Crippen LogP contribution in [0, 0.1) is 12.3 Å². The molecule has 0 aliphatic carbocycles. The predicted octanol–water partition coefficient (Wildman–Crippen LogP) is 2.92. The number of nitrogens with one attached hydrogen (secondary N) is 1. The Balaban J connectivity index is 2.39. The zero-order valence-corrected chi connectivity index (χ0v) is 12.5. The molecule has 4 nitrogen and oxygen atoms in total. The van der Waals surface area contributed by atoms with Crippen molar-refractivity contribution in [2.24, 2.45) is 11.1 Å². The van der Waals surface area contributed by atoms with Crippen LogP contribution in [-0.4, -0.2) is 12.5 Å². The highest BCUT2D eigenvalue weighted by Crippen LogP contribution is 2.26. The van der Waals surface area contributed by atoms with Crippen molar-refractivity contribution >= 4 is 5.91 Å². The molecule has 0 saturated heterocycles. The molecular weight excluding hydrogens is 240 g/mol. The van der Waals surface area contributed by atoms with Gasteiger partial charge in [0.15, 0.2) is 0 Å². The molecule has 1 aromatic rings. The Hall–Kier alpha value is -1.29. The highest BCUT2D eigenvalue weighted by atomic mass is 16.3. The van der Waals surface area contributed by atoms with E-state index in [1.165, 1.54) is 0 Å². The molecule has 19 heavy (non-hydrogen) atoms. The van der Waals surface area contributed by atoms with Crippen LogP contribution in [0.2, 0.25) is 0 Å². The first-order chi connectivity index (χ1) is 8.84. The number of amides is 1. The van der Waals surface area contributed by atoms with Gasteiger partial charge in [-0.1, -0.05) is 13.8 Å². The van der Waals surface area contributed by atoms with E-state index >= 15 is 0 Å². The molecule has 4 heteroatoms. The van der Waals surface area contributed by atoms with Crippen molar-refractivity contribution in [1.82, 2.24) is 5.32 Å². The third-order valence-electron chi connectivity index (χ3n) is 3.42. The van der Waals surface area contributed by atoms with Gasteiger partial charge in [0.2, 0.25) is 5.91 Å². The van der Waals surface area contributed by atoms with Crippen molar-refractivity contribution in [3.05, 3.63) is 23.7 Å². The zero-order valence-electron chi connectivity index (χ0n) is 12.5. The number of rotatable bonds is 7. The highest BCUT2D eigenvalue weighted by molar-refractivity contribution is 5.76. The third kappa shape index (κ3) is 5.47. The number of carbonyl (C=O) groups excluding carboxylic acids is 1. The second kappa shape index (κ2) is 6.75. The van der Waals surface area contributed by atoms with Crippen LogP contribution >= 0.6 is 0 Å². The summed E-state index contributed by atoms with van der Waals surface area (Å²) in [5.74, 6) is 1.72. The zero-order chi connectivity index (χ0) is 14.5. The molecule has 3 N–H and O–H groups in total. The van der Waals surface area contributed by atoms with Crippen LogP contribution in [0.4, 0.5) is 0 Å². The summed E-state index contributed by atoms with van der Waals surface area (Å²) >= 11 is 0. The van der Waals surface area contributed by atoms with Crippen molar-refractivity contribution in [1.29, 1.82) is 0 Å². The lowest BCUT2D eigenvalue weighted by atomic mass is 9.84. The first-order valence-electron chi connectivity index (χ1n) is 6.90. The van der Waals surface area contributed by atoms with Gasteiger partial charge >= 0.3 is 0 Å². The lowest BCUT2D eigenvalue weighted by Gasteiger charge is -2.23. The largest absolute Gasteiger partial charge is 0.464 e. The lowest BCUT2D eigenvalue weighted by Crippen LogP contribution is -2.28. The van der Waals surface area contributed by atoms with Gasteiger partial charge in [0.1, 0.15) is 11.5 Å². The van der Waals surface area contributed by atoms with E-state index in [1.54, 1.807) is 0 Å². The summed E-state index contributed by atoms with van der Waals surface area (Å²) in [5, 5.41) is 2.96. The summed E-state index contributed by atoms with van der Waals surface area (Å²) in [6, 6.07) is 3.72. The van der Waals surface area contributed by atoms with Gasteiger partial charge in [0.25, 0.3) is 0 Å². The minimum absolute atomic E-state index is 0.0617. The number of furan rings is 1. The van der Waals surface area contributed by atoms with Crippen LogP contribution in [0.25, 0.3) is 0 Å². The van der Waals surface area contributed by atoms with Crippen molar-refractivity contribution in [2.75, 3.05) is 6.54 Å². The normalized spacial score (nSPS) is 13.3. The standard InChI is InChI=1S/C15H26N2O2/c1-11-5-6-13(19-11)12(2)17-14(18)7-8-15(3,4)9-10-16/h5-6,12H,7-10,16H2,1-4H3,(H,17,18). The molecule has 108 valence electrons. The minimum atomic E-state index is -0.0844. The van der Waals surface area contributed by atoms with Gasteiger partial charge in [-0.05, 0) is 50.8 Å². The van der Waals surface area contributed by atoms with Crippen molar-refractivity contribution < 1.29 is 9.21 Å². The van der Waals surface area contributed by atoms with E-state index in [-0.39, 0.29) is 17.4 Å². The van der Waals surface area contributed by atoms with Gasteiger partial charge in [-0.15, -0.1) is 0 Å². The van der Waals surface area contributed by atoms with Crippen LogP contribution in [-0.2, 0) is 4.79 Å². The van der Waals surface area contributed by atoms with Crippen molar-refractivity contribution in [2.45, 2.75) is 53.0 Å². The molecule has 0 fully saturated rings. The number of nitrogens with two attached hydrogens (primary N) is 1. The number of hydrogen-bond acceptors (Lipinski definition) is 3. The second-order valence-corrected chi connectivity index (χ2v) is 5.94. The summed E-state index contributed by atoms with van der Waals surface area (Å²) < 4.78 is 5.50. The molecule has 1 amide bonds. The first-order valence-corrected chi connectivity index (χ1v) is 6.90. The van der Waals surface area contributed by atoms with Crippen LogP contribution in [0.5, 0.6) is 0 Å². The van der Waals surface area contributed by atoms with E-state index in [9.17, 15) is 4.79 Å². The Morgan fingerprint density at radius 2 is 2.11 bits per heavy atom. The quantitative estimate of drug-likeness (QED) is 0.797. The van der Waals surface area contributed by atoms with E-state index < -0.39 is 0 Å². The molecule has 0 aliphatic rings. The molecule has 0 bridgehead atoms. The van der Waals surface area contributed by atoms with Gasteiger partial charge in [-0.25, -0.2) is 0 Å². The third-order valence-corrected chi connectivity index (χ3v) is 3.42. The Morgan fingerprint density at radius 3 is 2.63 bits per heavy atom. The fourth-order valence-corrected chi connectivity index (χ4v) is 2.04. The van der Waals surface area contributed by atoms with Gasteiger partial charge in [0, 0.05) is 6.42 Å². The smallest absolute Gasteiger partial charge is 0.220 e. The molecule has 1 aromatic heterocycles. The van der Waals surface area contributed by atoms with Crippen LogP contribution in [0.3, 0.4) is 0 Å². The topological polar surface area (TPSA) is 68.3 Å². The average molecular weight is 266 g/mol. The van der Waals surface area contributed by atoms with E-state index in [4.69, 9.17) is 10.2 Å². The maximum atomic E-state index is 11.9. The van der Waals surface area contributed by atoms with Crippen molar-refractivity contribution in [3.8, 4) is 0 Å². The fraction of sp³-hybridized carbons (Fsp3) is 0.667. The van der Waals surface area contributed by atoms with Gasteiger partial charge in [-0.2, -0.15) is 0 Å². The lowest BCUT2D eigenvalue weighted by molar-refractivity contribution is -0.122. The molecule has 0 spiro atoms. The summed E-state index contributed by atoms with van der Waals surface area (Å²) in [6.07, 6.45) is 2.31. The van der Waals surface area contributed by atoms with E-state index in [1.807, 2.05) is 26.0 Å². The SMILES string of the molecule is Cc1ccc(C(C)NC(=O)CCC(C)(C)CCN)o1. The fourth-order valence-electron chi connectivity index (χ4n) is 2.04. The molecular formula is C15H26N2O2. The van der Waals surface area contributed by atoms with E-state index in [0.29, 0.717) is 13.0 Å². The molecule has 0 radical (unpaired) electrons. The Labute approximate surface area is 115 Å².